The van der Waals surface area contributed by atoms with Gasteiger partial charge >= 0.3 is 0 Å². The second-order valence-electron chi connectivity index (χ2n) is 6.13. The molecule has 2 aliphatic heterocycles. The average molecular weight is 414 g/mol. The predicted molar refractivity (Wildman–Crippen MR) is 99.3 cm³/mol. The molecule has 2 atom stereocenters. The van der Waals surface area contributed by atoms with E-state index in [1.807, 2.05) is 0 Å². The van der Waals surface area contributed by atoms with Gasteiger partial charge in [0.15, 0.2) is 0 Å². The third-order valence-electron chi connectivity index (χ3n) is 4.58. The van der Waals surface area contributed by atoms with Gasteiger partial charge in [-0.2, -0.15) is 0 Å². The number of aromatic nitrogens is 2. The van der Waals surface area contributed by atoms with Gasteiger partial charge in [-0.05, 0) is 18.9 Å². The second kappa shape index (κ2) is 6.15. The maximum atomic E-state index is 12.9. The molecule has 0 saturated carbocycles. The molecule has 0 amide bonds. The van der Waals surface area contributed by atoms with Crippen molar-refractivity contribution in [3.8, 4) is 10.4 Å². The summed E-state index contributed by atoms with van der Waals surface area (Å²) >= 11 is 7.88. The number of halogens is 1. The number of thiophene rings is 1. The first-order valence-electron chi connectivity index (χ1n) is 7.86. The third-order valence-corrected chi connectivity index (χ3v) is 8.35. The van der Waals surface area contributed by atoms with Crippen LogP contribution in [-0.4, -0.2) is 47.7 Å². The second-order valence-corrected chi connectivity index (χ2v) is 9.59. The number of nitrogens with zero attached hydrogens (tertiary/aromatic N) is 4. The van der Waals surface area contributed by atoms with Gasteiger partial charge in [0.2, 0.25) is 11.4 Å². The fraction of sp³-hybridized carbons (Fsp3) is 0.400. The molecule has 2 aromatic rings. The standard InChI is InChI=1S/C15H16ClN5O3S2/c1-21-14(17)20-15(3-2-4-24-13(15)26(21,22)23)12-10(16)5-11(25-12)9-6-18-8-19-7-9/h5-8,13H,2-4H2,1H3,(H2,17,20)/t13?,15-/m1/s1. The Morgan fingerprint density at radius 3 is 2.88 bits per heavy atom. The largest absolute Gasteiger partial charge is 0.369 e. The molecule has 1 saturated heterocycles. The van der Waals surface area contributed by atoms with Crippen molar-refractivity contribution in [3.05, 3.63) is 34.7 Å². The summed E-state index contributed by atoms with van der Waals surface area (Å²) in [5.74, 6) is -0.0687. The zero-order valence-electron chi connectivity index (χ0n) is 13.8. The van der Waals surface area contributed by atoms with E-state index in [2.05, 4.69) is 15.0 Å². The smallest absolute Gasteiger partial charge is 0.267 e. The lowest BCUT2D eigenvalue weighted by molar-refractivity contribution is 0.00334. The Labute approximate surface area is 159 Å². The number of fused-ring (bicyclic) bond motifs is 1. The van der Waals surface area contributed by atoms with E-state index in [-0.39, 0.29) is 5.96 Å². The van der Waals surface area contributed by atoms with E-state index in [4.69, 9.17) is 22.1 Å². The van der Waals surface area contributed by atoms with Crippen molar-refractivity contribution in [2.75, 3.05) is 13.7 Å². The summed E-state index contributed by atoms with van der Waals surface area (Å²) < 4.78 is 32.5. The number of aliphatic imine (C=N–C) groups is 1. The van der Waals surface area contributed by atoms with E-state index in [1.165, 1.54) is 24.7 Å². The predicted octanol–water partition coefficient (Wildman–Crippen LogP) is 1.78. The SMILES string of the molecule is CN1C(N)=N[C@@]2(c3sc(-c4cncnc4)cc3Cl)CCCOC2S1(=O)=O. The molecule has 4 rings (SSSR count). The summed E-state index contributed by atoms with van der Waals surface area (Å²) in [5, 5.41) is 0.431. The number of hydrogen-bond donors (Lipinski definition) is 1. The van der Waals surface area contributed by atoms with Crippen LogP contribution in [0.3, 0.4) is 0 Å². The molecule has 1 fully saturated rings. The van der Waals surface area contributed by atoms with E-state index in [9.17, 15) is 8.42 Å². The van der Waals surface area contributed by atoms with Gasteiger partial charge in [0.1, 0.15) is 11.9 Å². The van der Waals surface area contributed by atoms with Crippen molar-refractivity contribution in [1.29, 1.82) is 0 Å². The van der Waals surface area contributed by atoms with Crippen LogP contribution in [-0.2, 0) is 20.3 Å². The van der Waals surface area contributed by atoms with Crippen molar-refractivity contribution in [2.45, 2.75) is 23.8 Å². The summed E-state index contributed by atoms with van der Waals surface area (Å²) in [5.41, 5.74) is 4.42. The maximum absolute atomic E-state index is 12.9. The van der Waals surface area contributed by atoms with Crippen LogP contribution < -0.4 is 5.73 Å². The minimum absolute atomic E-state index is 0.0687. The fourth-order valence-corrected chi connectivity index (χ4v) is 6.66. The number of ether oxygens (including phenoxy) is 1. The minimum atomic E-state index is -3.81. The lowest BCUT2D eigenvalue weighted by atomic mass is 9.90. The van der Waals surface area contributed by atoms with Crippen molar-refractivity contribution in [1.82, 2.24) is 14.3 Å². The zero-order valence-corrected chi connectivity index (χ0v) is 16.2. The van der Waals surface area contributed by atoms with Gasteiger partial charge in [-0.15, -0.1) is 11.3 Å². The molecule has 2 N–H and O–H groups in total. The molecule has 0 radical (unpaired) electrons. The molecule has 0 aromatic carbocycles. The van der Waals surface area contributed by atoms with E-state index >= 15 is 0 Å². The first kappa shape index (κ1) is 17.7. The first-order valence-corrected chi connectivity index (χ1v) is 10.6. The molecular formula is C15H16ClN5O3S2. The van der Waals surface area contributed by atoms with Crippen LogP contribution in [0.4, 0.5) is 0 Å². The highest BCUT2D eigenvalue weighted by Crippen LogP contribution is 2.51. The molecule has 1 unspecified atom stereocenters. The van der Waals surface area contributed by atoms with Gasteiger partial charge in [0.05, 0.1) is 9.90 Å². The molecule has 0 aliphatic carbocycles. The number of guanidine groups is 1. The Kier molecular flexibility index (Phi) is 4.18. The molecule has 0 spiro atoms. The normalized spacial score (nSPS) is 27.7. The Hall–Kier alpha value is -1.75. The van der Waals surface area contributed by atoms with Crippen molar-refractivity contribution in [2.24, 2.45) is 10.7 Å². The molecule has 8 nitrogen and oxygen atoms in total. The van der Waals surface area contributed by atoms with Crippen LogP contribution in [0.15, 0.2) is 29.8 Å². The van der Waals surface area contributed by atoms with Gasteiger partial charge < -0.3 is 10.5 Å². The molecule has 11 heteroatoms. The third kappa shape index (κ3) is 2.51. The van der Waals surface area contributed by atoms with Gasteiger partial charge in [0.25, 0.3) is 10.0 Å². The molecule has 0 bridgehead atoms. The first-order chi connectivity index (χ1) is 12.4. The molecule has 2 aromatic heterocycles. The average Bonchev–Trinajstić information content (AvgIpc) is 3.03. The fourth-order valence-electron chi connectivity index (χ4n) is 3.28. The molecule has 2 aliphatic rings. The highest BCUT2D eigenvalue weighted by atomic mass is 35.5. The van der Waals surface area contributed by atoms with Crippen LogP contribution in [0.5, 0.6) is 0 Å². The Morgan fingerprint density at radius 1 is 1.42 bits per heavy atom. The highest BCUT2D eigenvalue weighted by molar-refractivity contribution is 7.90. The van der Waals surface area contributed by atoms with Crippen LogP contribution in [0.25, 0.3) is 10.4 Å². The maximum Gasteiger partial charge on any atom is 0.267 e. The molecular weight excluding hydrogens is 398 g/mol. The zero-order chi connectivity index (χ0) is 18.5. The quantitative estimate of drug-likeness (QED) is 0.803. The van der Waals surface area contributed by atoms with E-state index < -0.39 is 21.0 Å². The molecule has 4 heterocycles. The number of sulfonamides is 1. The van der Waals surface area contributed by atoms with E-state index in [0.717, 1.165) is 14.7 Å². The van der Waals surface area contributed by atoms with Crippen LogP contribution >= 0.6 is 22.9 Å². The van der Waals surface area contributed by atoms with Crippen molar-refractivity contribution in [3.63, 3.8) is 0 Å². The Morgan fingerprint density at radius 2 is 2.15 bits per heavy atom. The lowest BCUT2D eigenvalue weighted by Crippen LogP contribution is -2.59. The Balaban J connectivity index is 1.91. The monoisotopic (exact) mass is 413 g/mol. The van der Waals surface area contributed by atoms with Gasteiger partial charge in [-0.3, -0.25) is 0 Å². The number of nitrogens with two attached hydrogens (primary N) is 1. The number of rotatable bonds is 2. The Bertz CT molecular complexity index is 978. The van der Waals surface area contributed by atoms with Crippen molar-refractivity contribution >= 4 is 38.9 Å². The van der Waals surface area contributed by atoms with E-state index in [0.29, 0.717) is 29.3 Å². The van der Waals surface area contributed by atoms with Gasteiger partial charge in [-0.25, -0.2) is 27.7 Å². The highest BCUT2D eigenvalue weighted by Gasteiger charge is 2.57. The van der Waals surface area contributed by atoms with Crippen molar-refractivity contribution < 1.29 is 13.2 Å². The molecule has 26 heavy (non-hydrogen) atoms. The van der Waals surface area contributed by atoms with Crippen LogP contribution in [0.1, 0.15) is 17.7 Å². The topological polar surface area (TPSA) is 111 Å². The summed E-state index contributed by atoms with van der Waals surface area (Å²) in [6.07, 6.45) is 5.93. The minimum Gasteiger partial charge on any atom is -0.369 e. The number of hydrogen-bond acceptors (Lipinski definition) is 8. The summed E-state index contributed by atoms with van der Waals surface area (Å²) in [6, 6.07) is 1.78. The van der Waals surface area contributed by atoms with Gasteiger partial charge in [0, 0.05) is 36.5 Å². The summed E-state index contributed by atoms with van der Waals surface area (Å²) in [4.78, 5) is 14.0. The van der Waals surface area contributed by atoms with E-state index in [1.54, 1.807) is 18.5 Å². The molecule has 138 valence electrons. The summed E-state index contributed by atoms with van der Waals surface area (Å²) in [6.45, 7) is 0.345. The van der Waals surface area contributed by atoms with Crippen LogP contribution in [0, 0.1) is 0 Å². The van der Waals surface area contributed by atoms with Gasteiger partial charge in [-0.1, -0.05) is 11.6 Å². The summed E-state index contributed by atoms with van der Waals surface area (Å²) in [7, 11) is -2.44. The van der Waals surface area contributed by atoms with Crippen LogP contribution in [0.2, 0.25) is 5.02 Å². The lowest BCUT2D eigenvalue weighted by Gasteiger charge is -2.44.